The van der Waals surface area contributed by atoms with E-state index >= 15 is 0 Å². The molecule has 0 aliphatic rings. The predicted molar refractivity (Wildman–Crippen MR) is 48.4 cm³/mol. The van der Waals surface area contributed by atoms with Gasteiger partial charge in [0.05, 0.1) is 5.69 Å². The fourth-order valence-electron chi connectivity index (χ4n) is 0.852. The molecule has 1 aromatic heterocycles. The normalized spacial score (nSPS) is 12.1. The molecule has 0 aliphatic carbocycles. The molecule has 0 atom stereocenters. The number of sulfonamides is 1. The quantitative estimate of drug-likeness (QED) is 0.814. The SMILES string of the molecule is NS(=O)(=O)c1[nH]c(C(F)F)cc(=O)c1Cl. The van der Waals surface area contributed by atoms with Crippen LogP contribution in [0, 0.1) is 0 Å². The van der Waals surface area contributed by atoms with Crippen LogP contribution in [0.2, 0.25) is 5.02 Å². The first kappa shape index (κ1) is 12.1. The van der Waals surface area contributed by atoms with Crippen molar-refractivity contribution in [3.8, 4) is 0 Å². The maximum Gasteiger partial charge on any atom is 0.278 e. The van der Waals surface area contributed by atoms with Crippen molar-refractivity contribution in [1.29, 1.82) is 0 Å². The van der Waals surface area contributed by atoms with Crippen molar-refractivity contribution in [2.24, 2.45) is 5.14 Å². The number of nitrogens with one attached hydrogen (secondary N) is 1. The maximum absolute atomic E-state index is 12.2. The molecule has 0 fully saturated rings. The van der Waals surface area contributed by atoms with Gasteiger partial charge in [0.1, 0.15) is 5.02 Å². The molecule has 9 heteroatoms. The summed E-state index contributed by atoms with van der Waals surface area (Å²) in [5.74, 6) is 0. The van der Waals surface area contributed by atoms with Crippen LogP contribution in [0.1, 0.15) is 12.1 Å². The Labute approximate surface area is 87.9 Å². The number of hydrogen-bond acceptors (Lipinski definition) is 3. The van der Waals surface area contributed by atoms with Gasteiger partial charge in [-0.2, -0.15) is 0 Å². The van der Waals surface area contributed by atoms with Gasteiger partial charge < -0.3 is 4.98 Å². The van der Waals surface area contributed by atoms with Gasteiger partial charge in [-0.15, -0.1) is 0 Å². The van der Waals surface area contributed by atoms with Gasteiger partial charge >= 0.3 is 0 Å². The number of hydrogen-bond donors (Lipinski definition) is 2. The van der Waals surface area contributed by atoms with E-state index in [1.54, 1.807) is 4.98 Å². The Balaban J connectivity index is 3.60. The highest BCUT2D eigenvalue weighted by Gasteiger charge is 2.20. The molecule has 5 nitrogen and oxygen atoms in total. The van der Waals surface area contributed by atoms with E-state index in [0.717, 1.165) is 0 Å². The van der Waals surface area contributed by atoms with Crippen LogP contribution in [0.5, 0.6) is 0 Å². The number of alkyl halides is 2. The third-order valence-electron chi connectivity index (χ3n) is 1.48. The molecule has 0 aliphatic heterocycles. The first-order valence-electron chi connectivity index (χ1n) is 3.47. The van der Waals surface area contributed by atoms with E-state index in [1.165, 1.54) is 0 Å². The highest BCUT2D eigenvalue weighted by molar-refractivity contribution is 7.89. The molecule has 1 heterocycles. The number of rotatable bonds is 2. The summed E-state index contributed by atoms with van der Waals surface area (Å²) in [7, 11) is -4.33. The Morgan fingerprint density at radius 3 is 2.40 bits per heavy atom. The van der Waals surface area contributed by atoms with Crippen molar-refractivity contribution in [3.05, 3.63) is 27.0 Å². The number of aromatic amines is 1. The number of nitrogens with two attached hydrogens (primary N) is 1. The van der Waals surface area contributed by atoms with Crippen LogP contribution in [0.25, 0.3) is 0 Å². The van der Waals surface area contributed by atoms with Gasteiger partial charge in [0, 0.05) is 6.07 Å². The average molecular weight is 259 g/mol. The molecular formula is C6H5ClF2N2O3S. The van der Waals surface area contributed by atoms with Gasteiger partial charge in [-0.1, -0.05) is 11.6 Å². The van der Waals surface area contributed by atoms with E-state index in [9.17, 15) is 22.0 Å². The molecule has 0 saturated carbocycles. The van der Waals surface area contributed by atoms with E-state index in [2.05, 4.69) is 5.14 Å². The lowest BCUT2D eigenvalue weighted by atomic mass is 10.3. The van der Waals surface area contributed by atoms with Gasteiger partial charge in [-0.3, -0.25) is 4.79 Å². The van der Waals surface area contributed by atoms with Gasteiger partial charge in [0.25, 0.3) is 16.4 Å². The summed E-state index contributed by atoms with van der Waals surface area (Å²) in [6, 6.07) is 0.516. The van der Waals surface area contributed by atoms with Crippen molar-refractivity contribution >= 4 is 21.6 Å². The fraction of sp³-hybridized carbons (Fsp3) is 0.167. The summed E-state index contributed by atoms with van der Waals surface area (Å²) in [4.78, 5) is 12.8. The zero-order valence-electron chi connectivity index (χ0n) is 7.00. The Morgan fingerprint density at radius 2 is 2.00 bits per heavy atom. The number of pyridine rings is 1. The zero-order chi connectivity index (χ0) is 11.8. The summed E-state index contributed by atoms with van der Waals surface area (Å²) < 4.78 is 46.1. The second-order valence-corrected chi connectivity index (χ2v) is 4.45. The van der Waals surface area contributed by atoms with E-state index in [-0.39, 0.29) is 0 Å². The molecule has 0 radical (unpaired) electrons. The topological polar surface area (TPSA) is 93.0 Å². The van der Waals surface area contributed by atoms with Crippen LogP contribution in [-0.4, -0.2) is 13.4 Å². The summed E-state index contributed by atoms with van der Waals surface area (Å²) in [6.07, 6.45) is -3.02. The van der Waals surface area contributed by atoms with Crippen LogP contribution < -0.4 is 10.6 Å². The summed E-state index contributed by atoms with van der Waals surface area (Å²) in [6.45, 7) is 0. The fourth-order valence-corrected chi connectivity index (χ4v) is 1.89. The predicted octanol–water partition coefficient (Wildman–Crippen LogP) is 0.613. The number of halogens is 3. The number of H-pyrrole nitrogens is 1. The maximum atomic E-state index is 12.2. The van der Waals surface area contributed by atoms with E-state index in [1.807, 2.05) is 0 Å². The highest BCUT2D eigenvalue weighted by Crippen LogP contribution is 2.19. The van der Waals surface area contributed by atoms with Crippen molar-refractivity contribution in [2.75, 3.05) is 0 Å². The Morgan fingerprint density at radius 1 is 1.47 bits per heavy atom. The summed E-state index contributed by atoms with van der Waals surface area (Å²) in [5.41, 5.74) is -1.89. The molecule has 84 valence electrons. The monoisotopic (exact) mass is 258 g/mol. The molecule has 1 aromatic rings. The van der Waals surface area contributed by atoms with Crippen molar-refractivity contribution < 1.29 is 17.2 Å². The second-order valence-electron chi connectivity index (χ2n) is 2.58. The Bertz CT molecular complexity index is 540. The van der Waals surface area contributed by atoms with Crippen LogP contribution in [-0.2, 0) is 10.0 Å². The van der Waals surface area contributed by atoms with Gasteiger partial charge in [0.2, 0.25) is 5.43 Å². The van der Waals surface area contributed by atoms with E-state index < -0.39 is 37.6 Å². The lowest BCUT2D eigenvalue weighted by Gasteiger charge is -2.04. The molecule has 0 saturated heterocycles. The smallest absolute Gasteiger partial charge is 0.278 e. The van der Waals surface area contributed by atoms with Crippen LogP contribution >= 0.6 is 11.6 Å². The molecule has 1 rings (SSSR count). The Hall–Kier alpha value is -0.990. The minimum Gasteiger partial charge on any atom is -0.342 e. The number of primary sulfonamides is 1. The second kappa shape index (κ2) is 3.87. The van der Waals surface area contributed by atoms with Crippen molar-refractivity contribution in [2.45, 2.75) is 11.5 Å². The lowest BCUT2D eigenvalue weighted by molar-refractivity contribution is 0.145. The third-order valence-corrected chi connectivity index (χ3v) is 2.84. The van der Waals surface area contributed by atoms with Gasteiger partial charge in [-0.05, 0) is 0 Å². The third kappa shape index (κ3) is 2.52. The molecule has 0 spiro atoms. The minimum atomic E-state index is -4.33. The van der Waals surface area contributed by atoms with Crippen molar-refractivity contribution in [1.82, 2.24) is 4.98 Å². The lowest BCUT2D eigenvalue weighted by Crippen LogP contribution is -2.19. The molecule has 0 aromatic carbocycles. The van der Waals surface area contributed by atoms with Crippen LogP contribution in [0.15, 0.2) is 15.9 Å². The van der Waals surface area contributed by atoms with Crippen molar-refractivity contribution in [3.63, 3.8) is 0 Å². The molecule has 0 amide bonds. The molecular weight excluding hydrogens is 254 g/mol. The van der Waals surface area contributed by atoms with Gasteiger partial charge in [0.15, 0.2) is 5.03 Å². The standard InChI is InChI=1S/C6H5ClF2N2O3S/c7-4-3(12)1-2(5(8)9)11-6(4)15(10,13)14/h1,5H,(H,11,12)(H2,10,13,14). The van der Waals surface area contributed by atoms with Crippen LogP contribution in [0.3, 0.4) is 0 Å². The largest absolute Gasteiger partial charge is 0.342 e. The molecule has 0 bridgehead atoms. The van der Waals surface area contributed by atoms with E-state index in [0.29, 0.717) is 6.07 Å². The molecule has 3 N–H and O–H groups in total. The average Bonchev–Trinajstić information content (AvgIpc) is 2.06. The first-order chi connectivity index (χ1) is 6.73. The van der Waals surface area contributed by atoms with Crippen LogP contribution in [0.4, 0.5) is 8.78 Å². The highest BCUT2D eigenvalue weighted by atomic mass is 35.5. The first-order valence-corrected chi connectivity index (χ1v) is 5.39. The Kier molecular flexibility index (Phi) is 3.12. The molecule has 0 unspecified atom stereocenters. The summed E-state index contributed by atoms with van der Waals surface area (Å²) >= 11 is 5.31. The number of aromatic nitrogens is 1. The molecule has 15 heavy (non-hydrogen) atoms. The van der Waals surface area contributed by atoms with E-state index in [4.69, 9.17) is 11.6 Å². The summed E-state index contributed by atoms with van der Waals surface area (Å²) in [5, 5.41) is 3.02. The van der Waals surface area contributed by atoms with Gasteiger partial charge in [-0.25, -0.2) is 22.3 Å². The minimum absolute atomic E-state index is 0.516. The zero-order valence-corrected chi connectivity index (χ0v) is 8.57.